The third kappa shape index (κ3) is 7.94. The highest BCUT2D eigenvalue weighted by molar-refractivity contribution is 5.99. The van der Waals surface area contributed by atoms with Gasteiger partial charge in [0.05, 0.1) is 12.1 Å². The molecule has 0 aliphatic carbocycles. The van der Waals surface area contributed by atoms with Crippen molar-refractivity contribution in [3.05, 3.63) is 36.0 Å². The SMILES string of the molecule is CCOC(=O)N1CCN(C(=O)[C@H](CCC(=O)O)NC(=O)c2cc(OCC(=O)N3CCCC3C(C)C)c3ccccc3n2)CC1. The van der Waals surface area contributed by atoms with E-state index in [2.05, 4.69) is 24.1 Å². The summed E-state index contributed by atoms with van der Waals surface area (Å²) in [5.74, 6) is -1.73. The molecule has 0 saturated carbocycles. The molecule has 2 aliphatic heterocycles. The molecule has 4 amide bonds. The van der Waals surface area contributed by atoms with Gasteiger partial charge in [0, 0.05) is 56.6 Å². The maximum Gasteiger partial charge on any atom is 0.409 e. The molecule has 1 unspecified atom stereocenters. The molecule has 2 fully saturated rings. The maximum absolute atomic E-state index is 13.5. The van der Waals surface area contributed by atoms with E-state index in [1.54, 1.807) is 31.2 Å². The second-order valence-electron chi connectivity index (χ2n) is 11.3. The number of pyridine rings is 1. The van der Waals surface area contributed by atoms with Crippen LogP contribution in [0.4, 0.5) is 4.79 Å². The number of carboxylic acids is 1. The number of aromatic nitrogens is 1. The van der Waals surface area contributed by atoms with Crippen molar-refractivity contribution >= 4 is 40.7 Å². The zero-order valence-corrected chi connectivity index (χ0v) is 25.5. The molecule has 2 saturated heterocycles. The van der Waals surface area contributed by atoms with Crippen LogP contribution >= 0.6 is 0 Å². The number of carboxylic acid groups (broad SMARTS) is 1. The van der Waals surface area contributed by atoms with Gasteiger partial charge in [-0.05, 0) is 44.2 Å². The fourth-order valence-corrected chi connectivity index (χ4v) is 5.70. The molecule has 0 radical (unpaired) electrons. The van der Waals surface area contributed by atoms with Crippen molar-refractivity contribution in [2.75, 3.05) is 45.9 Å². The molecule has 238 valence electrons. The van der Waals surface area contributed by atoms with Crippen LogP contribution in [0.1, 0.15) is 56.9 Å². The lowest BCUT2D eigenvalue weighted by atomic mass is 10.0. The monoisotopic (exact) mass is 611 g/mol. The number of fused-ring (bicyclic) bond motifs is 1. The van der Waals surface area contributed by atoms with Crippen LogP contribution in [0.15, 0.2) is 30.3 Å². The molecule has 2 atom stereocenters. The number of amides is 4. The first kappa shape index (κ1) is 32.5. The molecule has 1 aromatic carbocycles. The van der Waals surface area contributed by atoms with E-state index in [-0.39, 0.29) is 69.9 Å². The van der Waals surface area contributed by atoms with Crippen LogP contribution in [0.2, 0.25) is 0 Å². The number of aliphatic carboxylic acids is 1. The van der Waals surface area contributed by atoms with Gasteiger partial charge >= 0.3 is 12.1 Å². The van der Waals surface area contributed by atoms with Gasteiger partial charge in [-0.15, -0.1) is 0 Å². The molecule has 3 heterocycles. The lowest BCUT2D eigenvalue weighted by molar-refractivity contribution is -0.138. The van der Waals surface area contributed by atoms with Crippen LogP contribution in [0.5, 0.6) is 5.75 Å². The number of nitrogens with zero attached hydrogens (tertiary/aromatic N) is 4. The van der Waals surface area contributed by atoms with Crippen LogP contribution < -0.4 is 10.1 Å². The molecular formula is C31H41N5O8. The number of hydrogen-bond acceptors (Lipinski definition) is 8. The number of rotatable bonds is 11. The summed E-state index contributed by atoms with van der Waals surface area (Å²) in [6, 6.07) is 7.53. The number of ether oxygens (including phenoxy) is 2. The topological polar surface area (TPSA) is 159 Å². The summed E-state index contributed by atoms with van der Waals surface area (Å²) in [5, 5.41) is 12.6. The molecule has 13 nitrogen and oxygen atoms in total. The molecule has 4 rings (SSSR count). The Balaban J connectivity index is 1.49. The predicted molar refractivity (Wildman–Crippen MR) is 160 cm³/mol. The van der Waals surface area contributed by atoms with E-state index >= 15 is 0 Å². The van der Waals surface area contributed by atoms with E-state index in [1.807, 2.05) is 4.90 Å². The Hall–Kier alpha value is -4.42. The number of nitrogens with one attached hydrogen (secondary N) is 1. The molecule has 44 heavy (non-hydrogen) atoms. The van der Waals surface area contributed by atoms with Gasteiger partial charge in [0.15, 0.2) is 6.61 Å². The Bertz CT molecular complexity index is 1370. The summed E-state index contributed by atoms with van der Waals surface area (Å²) in [6.07, 6.45) is 0.970. The number of para-hydroxylation sites is 1. The highest BCUT2D eigenvalue weighted by atomic mass is 16.6. The molecule has 1 aromatic heterocycles. The second kappa shape index (κ2) is 14.8. The molecule has 13 heteroatoms. The van der Waals surface area contributed by atoms with Crippen molar-refractivity contribution in [2.24, 2.45) is 5.92 Å². The summed E-state index contributed by atoms with van der Waals surface area (Å²) >= 11 is 0. The van der Waals surface area contributed by atoms with Crippen molar-refractivity contribution < 1.29 is 38.6 Å². The van der Waals surface area contributed by atoms with Gasteiger partial charge in [-0.25, -0.2) is 9.78 Å². The number of hydrogen-bond donors (Lipinski definition) is 2. The largest absolute Gasteiger partial charge is 0.483 e. The molecular weight excluding hydrogens is 570 g/mol. The molecule has 0 spiro atoms. The lowest BCUT2D eigenvalue weighted by Crippen LogP contribution is -2.56. The summed E-state index contributed by atoms with van der Waals surface area (Å²) < 4.78 is 11.0. The second-order valence-corrected chi connectivity index (χ2v) is 11.3. The predicted octanol–water partition coefficient (Wildman–Crippen LogP) is 2.52. The number of benzene rings is 1. The Morgan fingerprint density at radius 1 is 1.05 bits per heavy atom. The first-order chi connectivity index (χ1) is 21.1. The first-order valence-electron chi connectivity index (χ1n) is 15.1. The summed E-state index contributed by atoms with van der Waals surface area (Å²) in [7, 11) is 0. The highest BCUT2D eigenvalue weighted by Gasteiger charge is 2.33. The maximum atomic E-state index is 13.5. The molecule has 2 N–H and O–H groups in total. The minimum absolute atomic E-state index is 0.0346. The van der Waals surface area contributed by atoms with Crippen LogP contribution in [0, 0.1) is 5.92 Å². The van der Waals surface area contributed by atoms with Crippen LogP contribution in [0.25, 0.3) is 10.9 Å². The summed E-state index contributed by atoms with van der Waals surface area (Å²) in [4.78, 5) is 72.7. The van der Waals surface area contributed by atoms with Crippen LogP contribution in [-0.4, -0.2) is 113 Å². The Morgan fingerprint density at radius 3 is 2.43 bits per heavy atom. The Morgan fingerprint density at radius 2 is 1.75 bits per heavy atom. The van der Waals surface area contributed by atoms with E-state index in [0.717, 1.165) is 12.8 Å². The van der Waals surface area contributed by atoms with E-state index in [1.165, 1.54) is 15.9 Å². The molecule has 0 bridgehead atoms. The van der Waals surface area contributed by atoms with Gasteiger partial charge in [-0.2, -0.15) is 0 Å². The van der Waals surface area contributed by atoms with Crippen LogP contribution in [0.3, 0.4) is 0 Å². The fourth-order valence-electron chi connectivity index (χ4n) is 5.70. The third-order valence-electron chi connectivity index (χ3n) is 8.02. The first-order valence-corrected chi connectivity index (χ1v) is 15.1. The standard InChI is InChI=1S/C31H41N5O8/c1-4-43-31(42)35-16-14-34(15-17-35)30(41)23(11-12-28(38)39)33-29(40)24-18-26(21-8-5-6-9-22(21)32-24)44-19-27(37)36-13-7-10-25(36)20(2)3/h5-6,8-9,18,20,23,25H,4,7,10-17,19H2,1-3H3,(H,33,40)(H,38,39)/t23-,25?/m0/s1. The van der Waals surface area contributed by atoms with Gasteiger partial charge in [0.1, 0.15) is 17.5 Å². The third-order valence-corrected chi connectivity index (χ3v) is 8.02. The van der Waals surface area contributed by atoms with E-state index in [4.69, 9.17) is 9.47 Å². The fraction of sp³-hybridized carbons (Fsp3) is 0.548. The lowest BCUT2D eigenvalue weighted by Gasteiger charge is -2.35. The zero-order chi connectivity index (χ0) is 31.8. The van der Waals surface area contributed by atoms with Crippen molar-refractivity contribution in [2.45, 2.75) is 58.5 Å². The van der Waals surface area contributed by atoms with Gasteiger partial charge in [0.25, 0.3) is 11.8 Å². The smallest absolute Gasteiger partial charge is 0.409 e. The minimum atomic E-state index is -1.13. The van der Waals surface area contributed by atoms with Crippen LogP contribution in [-0.2, 0) is 19.1 Å². The van der Waals surface area contributed by atoms with Gasteiger partial charge in [-0.1, -0.05) is 26.0 Å². The van der Waals surface area contributed by atoms with Gasteiger partial charge < -0.3 is 34.6 Å². The van der Waals surface area contributed by atoms with Gasteiger partial charge in [0.2, 0.25) is 5.91 Å². The van der Waals surface area contributed by atoms with Gasteiger partial charge in [-0.3, -0.25) is 19.2 Å². The number of piperazine rings is 1. The summed E-state index contributed by atoms with van der Waals surface area (Å²) in [5.41, 5.74) is 0.431. The number of carbonyl (C=O) groups is 5. The number of carbonyl (C=O) groups excluding carboxylic acids is 4. The minimum Gasteiger partial charge on any atom is -0.483 e. The quantitative estimate of drug-likeness (QED) is 0.389. The molecule has 2 aliphatic rings. The Labute approximate surface area is 256 Å². The van der Waals surface area contributed by atoms with Crippen molar-refractivity contribution in [1.29, 1.82) is 0 Å². The Kier molecular flexibility index (Phi) is 11.0. The highest BCUT2D eigenvalue weighted by Crippen LogP contribution is 2.27. The van der Waals surface area contributed by atoms with Crippen molar-refractivity contribution in [3.63, 3.8) is 0 Å². The van der Waals surface area contributed by atoms with Crippen molar-refractivity contribution in [3.8, 4) is 5.75 Å². The van der Waals surface area contributed by atoms with E-state index in [9.17, 15) is 29.1 Å². The number of likely N-dealkylation sites (tertiary alicyclic amines) is 1. The average molecular weight is 612 g/mol. The summed E-state index contributed by atoms with van der Waals surface area (Å²) in [6.45, 7) is 7.56. The van der Waals surface area contributed by atoms with E-state index < -0.39 is 29.9 Å². The zero-order valence-electron chi connectivity index (χ0n) is 25.5. The van der Waals surface area contributed by atoms with E-state index in [0.29, 0.717) is 29.1 Å². The molecule has 2 aromatic rings. The normalized spacial score (nSPS) is 17.5. The van der Waals surface area contributed by atoms with Crippen molar-refractivity contribution in [1.82, 2.24) is 25.0 Å². The average Bonchev–Trinajstić information content (AvgIpc) is 3.52.